The monoisotopic (exact) mass is 336 g/mol. The van der Waals surface area contributed by atoms with Crippen molar-refractivity contribution in [3.63, 3.8) is 0 Å². The Bertz CT molecular complexity index is 761. The van der Waals surface area contributed by atoms with Crippen molar-refractivity contribution in [3.05, 3.63) is 54.1 Å². The molecule has 2 aliphatic rings. The van der Waals surface area contributed by atoms with E-state index in [1.807, 2.05) is 35.2 Å². The average molecular weight is 336 g/mol. The van der Waals surface area contributed by atoms with Crippen LogP contribution in [0.4, 0.5) is 10.5 Å². The van der Waals surface area contributed by atoms with Gasteiger partial charge < -0.3 is 15.3 Å². The molecule has 4 rings (SSSR count). The number of nitrogens with zero attached hydrogens (tertiary/aromatic N) is 1. The number of benzene rings is 2. The van der Waals surface area contributed by atoms with Gasteiger partial charge in [-0.05, 0) is 61.4 Å². The zero-order chi connectivity index (χ0) is 17.4. The van der Waals surface area contributed by atoms with Crippen LogP contribution in [0.2, 0.25) is 0 Å². The molecule has 130 valence electrons. The van der Waals surface area contributed by atoms with E-state index in [1.54, 1.807) is 0 Å². The van der Waals surface area contributed by atoms with Gasteiger partial charge in [-0.2, -0.15) is 0 Å². The number of aliphatic hydroxyl groups is 1. The van der Waals surface area contributed by atoms with Crippen LogP contribution >= 0.6 is 0 Å². The van der Waals surface area contributed by atoms with Crippen LogP contribution in [-0.4, -0.2) is 34.2 Å². The normalized spacial score (nSPS) is 25.0. The van der Waals surface area contributed by atoms with Gasteiger partial charge in [-0.15, -0.1) is 0 Å². The molecule has 2 amide bonds. The number of rotatable bonds is 2. The maximum atomic E-state index is 12.7. The highest BCUT2D eigenvalue weighted by Gasteiger charge is 2.42. The number of anilines is 1. The van der Waals surface area contributed by atoms with E-state index in [0.717, 1.165) is 24.1 Å². The summed E-state index contributed by atoms with van der Waals surface area (Å²) in [6.07, 6.45) is 3.16. The minimum absolute atomic E-state index is 0.0359. The number of hydrogen-bond acceptors (Lipinski definition) is 2. The minimum atomic E-state index is -0.256. The van der Waals surface area contributed by atoms with Crippen molar-refractivity contribution in [3.8, 4) is 11.1 Å². The Morgan fingerprint density at radius 2 is 1.76 bits per heavy atom. The van der Waals surface area contributed by atoms with Gasteiger partial charge >= 0.3 is 6.03 Å². The van der Waals surface area contributed by atoms with E-state index < -0.39 is 0 Å². The zero-order valence-corrected chi connectivity index (χ0v) is 14.5. The number of aryl methyl sites for hydroxylation is 1. The highest BCUT2D eigenvalue weighted by atomic mass is 16.3. The molecule has 2 aromatic rings. The molecule has 0 saturated carbocycles. The Hall–Kier alpha value is -2.33. The molecule has 2 fully saturated rings. The van der Waals surface area contributed by atoms with Crippen LogP contribution in [0, 0.1) is 6.92 Å². The Morgan fingerprint density at radius 3 is 2.40 bits per heavy atom. The molecule has 4 heteroatoms. The fourth-order valence-corrected chi connectivity index (χ4v) is 4.35. The van der Waals surface area contributed by atoms with Gasteiger partial charge in [-0.25, -0.2) is 4.79 Å². The summed E-state index contributed by atoms with van der Waals surface area (Å²) < 4.78 is 0. The number of piperidine rings is 1. The molecule has 0 aromatic heterocycles. The van der Waals surface area contributed by atoms with Crippen molar-refractivity contribution < 1.29 is 9.90 Å². The summed E-state index contributed by atoms with van der Waals surface area (Å²) in [7, 11) is 0. The molecule has 0 radical (unpaired) electrons. The summed E-state index contributed by atoms with van der Waals surface area (Å²) in [4.78, 5) is 14.7. The maximum Gasteiger partial charge on any atom is 0.322 e. The molecule has 25 heavy (non-hydrogen) atoms. The van der Waals surface area contributed by atoms with Gasteiger partial charge in [0.15, 0.2) is 0 Å². The van der Waals surface area contributed by atoms with Gasteiger partial charge in [0, 0.05) is 17.8 Å². The largest absolute Gasteiger partial charge is 0.393 e. The van der Waals surface area contributed by atoms with E-state index in [-0.39, 0.29) is 24.2 Å². The van der Waals surface area contributed by atoms with E-state index in [1.165, 1.54) is 11.1 Å². The van der Waals surface area contributed by atoms with Gasteiger partial charge in [-0.3, -0.25) is 0 Å². The first-order valence-electron chi connectivity index (χ1n) is 9.05. The van der Waals surface area contributed by atoms with Crippen LogP contribution in [0.25, 0.3) is 11.1 Å². The summed E-state index contributed by atoms with van der Waals surface area (Å²) in [6, 6.07) is 16.6. The van der Waals surface area contributed by atoms with Crippen LogP contribution in [0.1, 0.15) is 31.2 Å². The maximum absolute atomic E-state index is 12.7. The van der Waals surface area contributed by atoms with Gasteiger partial charge in [0.05, 0.1) is 6.10 Å². The lowest BCUT2D eigenvalue weighted by atomic mass is 10.00. The van der Waals surface area contributed by atoms with Crippen molar-refractivity contribution in [1.82, 2.24) is 4.90 Å². The van der Waals surface area contributed by atoms with Crippen molar-refractivity contribution in [2.75, 3.05) is 5.32 Å². The second-order valence-corrected chi connectivity index (χ2v) is 7.24. The molecular weight excluding hydrogens is 312 g/mol. The van der Waals surface area contributed by atoms with E-state index in [4.69, 9.17) is 0 Å². The Morgan fingerprint density at radius 1 is 1.08 bits per heavy atom. The quantitative estimate of drug-likeness (QED) is 0.864. The van der Waals surface area contributed by atoms with E-state index >= 15 is 0 Å². The first kappa shape index (κ1) is 16.2. The number of urea groups is 1. The van der Waals surface area contributed by atoms with Crippen LogP contribution < -0.4 is 5.32 Å². The summed E-state index contributed by atoms with van der Waals surface area (Å²) >= 11 is 0. The smallest absolute Gasteiger partial charge is 0.322 e. The average Bonchev–Trinajstić information content (AvgIpc) is 2.87. The molecule has 4 nitrogen and oxygen atoms in total. The van der Waals surface area contributed by atoms with E-state index in [0.29, 0.717) is 12.8 Å². The fraction of sp³-hybridized carbons (Fsp3) is 0.381. The van der Waals surface area contributed by atoms with Crippen molar-refractivity contribution in [2.45, 2.75) is 50.8 Å². The van der Waals surface area contributed by atoms with Gasteiger partial charge in [0.2, 0.25) is 0 Å². The number of nitrogens with one attached hydrogen (secondary N) is 1. The Labute approximate surface area is 148 Å². The van der Waals surface area contributed by atoms with Crippen molar-refractivity contribution in [2.24, 2.45) is 0 Å². The lowest BCUT2D eigenvalue weighted by molar-refractivity contribution is 0.0580. The number of fused-ring (bicyclic) bond motifs is 2. The number of aliphatic hydroxyl groups excluding tert-OH is 1. The molecule has 2 aromatic carbocycles. The third kappa shape index (κ3) is 3.14. The first-order valence-corrected chi connectivity index (χ1v) is 9.05. The number of carbonyl (C=O) groups is 1. The fourth-order valence-electron chi connectivity index (χ4n) is 4.35. The summed E-state index contributed by atoms with van der Waals surface area (Å²) in [6.45, 7) is 2.07. The van der Waals surface area contributed by atoms with Crippen LogP contribution in [0.15, 0.2) is 48.5 Å². The number of carbonyl (C=O) groups excluding carboxylic acids is 1. The second kappa shape index (κ2) is 6.52. The van der Waals surface area contributed by atoms with Crippen LogP contribution in [-0.2, 0) is 0 Å². The summed E-state index contributed by atoms with van der Waals surface area (Å²) in [5, 5.41) is 12.9. The predicted octanol–water partition coefficient (Wildman–Crippen LogP) is 4.18. The third-order valence-electron chi connectivity index (χ3n) is 5.51. The topological polar surface area (TPSA) is 52.6 Å². The molecule has 0 spiro atoms. The number of hydrogen-bond donors (Lipinski definition) is 2. The molecule has 0 aliphatic carbocycles. The molecular formula is C21H24N2O2. The lowest BCUT2D eigenvalue weighted by Crippen LogP contribution is -2.49. The van der Waals surface area contributed by atoms with Gasteiger partial charge in [0.1, 0.15) is 0 Å². The third-order valence-corrected chi connectivity index (χ3v) is 5.51. The van der Waals surface area contributed by atoms with Crippen molar-refractivity contribution in [1.29, 1.82) is 0 Å². The van der Waals surface area contributed by atoms with Crippen molar-refractivity contribution >= 4 is 11.7 Å². The minimum Gasteiger partial charge on any atom is -0.393 e. The lowest BCUT2D eigenvalue weighted by Gasteiger charge is -2.37. The molecule has 2 bridgehead atoms. The zero-order valence-electron chi connectivity index (χ0n) is 14.5. The molecule has 2 atom stereocenters. The highest BCUT2D eigenvalue weighted by Crippen LogP contribution is 2.36. The van der Waals surface area contributed by atoms with E-state index in [2.05, 4.69) is 30.4 Å². The highest BCUT2D eigenvalue weighted by molar-refractivity contribution is 5.90. The predicted molar refractivity (Wildman–Crippen MR) is 99.5 cm³/mol. The van der Waals surface area contributed by atoms with Crippen LogP contribution in [0.5, 0.6) is 0 Å². The molecule has 2 heterocycles. The second-order valence-electron chi connectivity index (χ2n) is 7.24. The molecule has 2 unspecified atom stereocenters. The number of amides is 2. The SMILES string of the molecule is Cc1cc(NC(=O)N2C3CCC2CC(O)C3)ccc1-c1ccccc1. The first-order chi connectivity index (χ1) is 12.1. The van der Waals surface area contributed by atoms with Gasteiger partial charge in [-0.1, -0.05) is 36.4 Å². The van der Waals surface area contributed by atoms with Gasteiger partial charge in [0.25, 0.3) is 0 Å². The van der Waals surface area contributed by atoms with E-state index in [9.17, 15) is 9.90 Å². The molecule has 2 N–H and O–H groups in total. The Balaban J connectivity index is 1.50. The summed E-state index contributed by atoms with van der Waals surface area (Å²) in [5.74, 6) is 0. The Kier molecular flexibility index (Phi) is 4.22. The molecule has 2 aliphatic heterocycles. The molecule has 2 saturated heterocycles. The summed E-state index contributed by atoms with van der Waals surface area (Å²) in [5.41, 5.74) is 4.33. The standard InChI is InChI=1S/C21H24N2O2/c1-14-11-16(7-10-20(14)15-5-3-2-4-6-15)22-21(25)23-17-8-9-18(23)13-19(24)12-17/h2-7,10-11,17-19,24H,8-9,12-13H2,1H3,(H,22,25). The van der Waals surface area contributed by atoms with Crippen LogP contribution in [0.3, 0.4) is 0 Å².